The number of ether oxygens (including phenoxy) is 1. The molecule has 1 aromatic heterocycles. The largest absolute Gasteiger partial charge is 0.383 e. The van der Waals surface area contributed by atoms with Crippen LogP contribution < -0.4 is 11.1 Å². The van der Waals surface area contributed by atoms with E-state index in [9.17, 15) is 0 Å². The molecule has 1 fully saturated rings. The van der Waals surface area contributed by atoms with Crippen LogP contribution in [0.3, 0.4) is 0 Å². The molecule has 3 N–H and O–H groups in total. The van der Waals surface area contributed by atoms with Crippen LogP contribution in [0.5, 0.6) is 0 Å². The molecule has 1 aliphatic rings. The van der Waals surface area contributed by atoms with Gasteiger partial charge in [0.2, 0.25) is 0 Å². The van der Waals surface area contributed by atoms with E-state index in [2.05, 4.69) is 22.2 Å². The molecule has 0 amide bonds. The van der Waals surface area contributed by atoms with Gasteiger partial charge in [0.1, 0.15) is 18.0 Å². The molecule has 2 unspecified atom stereocenters. The van der Waals surface area contributed by atoms with Crippen molar-refractivity contribution in [1.29, 1.82) is 0 Å². The molecule has 2 rings (SSSR count). The first-order valence-corrected chi connectivity index (χ1v) is 5.62. The number of hydrogen-bond donors (Lipinski definition) is 2. The van der Waals surface area contributed by atoms with Gasteiger partial charge in [0.05, 0.1) is 6.10 Å². The summed E-state index contributed by atoms with van der Waals surface area (Å²) in [5, 5.41) is 3.41. The maximum Gasteiger partial charge on any atom is 0.134 e. The van der Waals surface area contributed by atoms with Crippen LogP contribution in [0.15, 0.2) is 6.33 Å². The van der Waals surface area contributed by atoms with E-state index in [1.165, 1.54) is 6.33 Å². The molecule has 16 heavy (non-hydrogen) atoms. The lowest BCUT2D eigenvalue weighted by Gasteiger charge is -2.28. The van der Waals surface area contributed by atoms with Crippen molar-refractivity contribution in [2.45, 2.75) is 38.8 Å². The first-order valence-electron chi connectivity index (χ1n) is 5.62. The number of rotatable bonds is 2. The second-order valence-electron chi connectivity index (χ2n) is 4.28. The smallest absolute Gasteiger partial charge is 0.134 e. The number of nitrogens with zero attached hydrogens (tertiary/aromatic N) is 2. The zero-order chi connectivity index (χ0) is 11.5. The minimum absolute atomic E-state index is 0.311. The van der Waals surface area contributed by atoms with E-state index in [0.29, 0.717) is 18.0 Å². The predicted molar refractivity (Wildman–Crippen MR) is 63.2 cm³/mol. The Balaban J connectivity index is 2.05. The Morgan fingerprint density at radius 3 is 3.06 bits per heavy atom. The summed E-state index contributed by atoms with van der Waals surface area (Å²) >= 11 is 0. The van der Waals surface area contributed by atoms with E-state index in [4.69, 9.17) is 10.5 Å². The normalized spacial score (nSPS) is 25.4. The SMILES string of the molecule is Cc1c(N)ncnc1NC1CCOC(C)C1. The summed E-state index contributed by atoms with van der Waals surface area (Å²) in [4.78, 5) is 8.16. The zero-order valence-corrected chi connectivity index (χ0v) is 9.73. The number of nitrogens with two attached hydrogens (primary N) is 1. The molecule has 0 aromatic carbocycles. The lowest BCUT2D eigenvalue weighted by atomic mass is 10.0. The highest BCUT2D eigenvalue weighted by Gasteiger charge is 2.20. The quantitative estimate of drug-likeness (QED) is 0.790. The minimum atomic E-state index is 0.311. The number of anilines is 2. The van der Waals surface area contributed by atoms with E-state index >= 15 is 0 Å². The van der Waals surface area contributed by atoms with Crippen molar-refractivity contribution < 1.29 is 4.74 Å². The van der Waals surface area contributed by atoms with Gasteiger partial charge in [0, 0.05) is 18.2 Å². The Morgan fingerprint density at radius 2 is 2.31 bits per heavy atom. The third-order valence-electron chi connectivity index (χ3n) is 2.95. The maximum absolute atomic E-state index is 5.74. The standard InChI is InChI=1S/C11H18N4O/c1-7-5-9(3-4-16-7)15-11-8(2)10(12)13-6-14-11/h6-7,9H,3-5H2,1-2H3,(H3,12,13,14,15). The molecule has 2 heterocycles. The second-order valence-corrected chi connectivity index (χ2v) is 4.28. The van der Waals surface area contributed by atoms with Crippen LogP contribution in [0.25, 0.3) is 0 Å². The van der Waals surface area contributed by atoms with Crippen LogP contribution in [-0.2, 0) is 4.74 Å². The summed E-state index contributed by atoms with van der Waals surface area (Å²) in [6.07, 6.45) is 3.82. The summed E-state index contributed by atoms with van der Waals surface area (Å²) in [5.41, 5.74) is 6.66. The van der Waals surface area contributed by atoms with Gasteiger partial charge in [-0.25, -0.2) is 9.97 Å². The van der Waals surface area contributed by atoms with Crippen molar-refractivity contribution in [3.8, 4) is 0 Å². The fourth-order valence-electron chi connectivity index (χ4n) is 1.93. The Bertz CT molecular complexity index is 369. The molecule has 0 saturated carbocycles. The van der Waals surface area contributed by atoms with Crippen LogP contribution in [0.2, 0.25) is 0 Å². The van der Waals surface area contributed by atoms with Crippen LogP contribution in [0.4, 0.5) is 11.6 Å². The molecule has 1 aromatic rings. The van der Waals surface area contributed by atoms with Gasteiger partial charge in [-0.1, -0.05) is 0 Å². The van der Waals surface area contributed by atoms with Gasteiger partial charge in [-0.3, -0.25) is 0 Å². The summed E-state index contributed by atoms with van der Waals surface area (Å²) < 4.78 is 5.50. The highest BCUT2D eigenvalue weighted by molar-refractivity contribution is 5.54. The van der Waals surface area contributed by atoms with E-state index in [1.807, 2.05) is 6.92 Å². The average molecular weight is 222 g/mol. The third kappa shape index (κ3) is 2.41. The monoisotopic (exact) mass is 222 g/mol. The van der Waals surface area contributed by atoms with Crippen molar-refractivity contribution in [3.05, 3.63) is 11.9 Å². The van der Waals surface area contributed by atoms with Gasteiger partial charge in [-0.15, -0.1) is 0 Å². The molecule has 88 valence electrons. The number of nitrogen functional groups attached to an aromatic ring is 1. The lowest BCUT2D eigenvalue weighted by molar-refractivity contribution is 0.0231. The topological polar surface area (TPSA) is 73.1 Å². The molecular formula is C11H18N4O. The molecule has 2 atom stereocenters. The molecule has 0 bridgehead atoms. The fraction of sp³-hybridized carbons (Fsp3) is 0.636. The van der Waals surface area contributed by atoms with Crippen molar-refractivity contribution in [2.75, 3.05) is 17.7 Å². The summed E-state index contributed by atoms with van der Waals surface area (Å²) in [5.74, 6) is 1.38. The van der Waals surface area contributed by atoms with Crippen LogP contribution in [-0.4, -0.2) is 28.7 Å². The third-order valence-corrected chi connectivity index (χ3v) is 2.95. The van der Waals surface area contributed by atoms with Crippen molar-refractivity contribution in [2.24, 2.45) is 0 Å². The summed E-state index contributed by atoms with van der Waals surface area (Å²) in [6, 6.07) is 0.414. The van der Waals surface area contributed by atoms with Crippen LogP contribution in [0.1, 0.15) is 25.3 Å². The van der Waals surface area contributed by atoms with E-state index < -0.39 is 0 Å². The van der Waals surface area contributed by atoms with E-state index in [1.54, 1.807) is 0 Å². The number of nitrogens with one attached hydrogen (secondary N) is 1. The van der Waals surface area contributed by atoms with E-state index in [0.717, 1.165) is 30.8 Å². The van der Waals surface area contributed by atoms with Gasteiger partial charge in [-0.2, -0.15) is 0 Å². The van der Waals surface area contributed by atoms with Crippen molar-refractivity contribution >= 4 is 11.6 Å². The lowest BCUT2D eigenvalue weighted by Crippen LogP contribution is -2.33. The zero-order valence-electron chi connectivity index (χ0n) is 9.73. The highest BCUT2D eigenvalue weighted by Crippen LogP contribution is 2.21. The Morgan fingerprint density at radius 1 is 1.50 bits per heavy atom. The highest BCUT2D eigenvalue weighted by atomic mass is 16.5. The molecule has 5 heteroatoms. The summed E-state index contributed by atoms with van der Waals surface area (Å²) in [7, 11) is 0. The summed E-state index contributed by atoms with van der Waals surface area (Å²) in [6.45, 7) is 4.83. The minimum Gasteiger partial charge on any atom is -0.383 e. The number of aromatic nitrogens is 2. The first-order chi connectivity index (χ1) is 7.66. The van der Waals surface area contributed by atoms with Crippen LogP contribution >= 0.6 is 0 Å². The first kappa shape index (κ1) is 11.1. The molecular weight excluding hydrogens is 204 g/mol. The van der Waals surface area contributed by atoms with Crippen molar-refractivity contribution in [3.63, 3.8) is 0 Å². The van der Waals surface area contributed by atoms with Gasteiger partial charge in [-0.05, 0) is 26.7 Å². The van der Waals surface area contributed by atoms with E-state index in [-0.39, 0.29) is 0 Å². The van der Waals surface area contributed by atoms with Gasteiger partial charge < -0.3 is 15.8 Å². The Kier molecular flexibility index (Phi) is 3.24. The second kappa shape index (κ2) is 4.65. The number of hydrogen-bond acceptors (Lipinski definition) is 5. The molecule has 0 aliphatic carbocycles. The predicted octanol–water partition coefficient (Wildman–Crippen LogP) is 1.35. The Labute approximate surface area is 95.4 Å². The Hall–Kier alpha value is -1.36. The molecule has 1 saturated heterocycles. The molecule has 0 radical (unpaired) electrons. The van der Waals surface area contributed by atoms with Crippen LogP contribution in [0, 0.1) is 6.92 Å². The maximum atomic E-state index is 5.74. The average Bonchev–Trinajstić information content (AvgIpc) is 2.25. The van der Waals surface area contributed by atoms with Crippen molar-refractivity contribution in [1.82, 2.24) is 9.97 Å². The molecule has 5 nitrogen and oxygen atoms in total. The molecule has 0 spiro atoms. The fourth-order valence-corrected chi connectivity index (χ4v) is 1.93. The molecule has 1 aliphatic heterocycles. The van der Waals surface area contributed by atoms with Gasteiger partial charge in [0.15, 0.2) is 0 Å². The van der Waals surface area contributed by atoms with Gasteiger partial charge in [0.25, 0.3) is 0 Å². The van der Waals surface area contributed by atoms with Gasteiger partial charge >= 0.3 is 0 Å².